The largest absolute Gasteiger partial charge is 0.485 e. The highest BCUT2D eigenvalue weighted by atomic mass is 16.5. The normalized spacial score (nSPS) is 21.8. The summed E-state index contributed by atoms with van der Waals surface area (Å²) in [4.78, 5) is 37.3. The number of carbonyl (C=O) groups excluding carboxylic acids is 2. The van der Waals surface area contributed by atoms with Crippen LogP contribution in [0.2, 0.25) is 0 Å². The van der Waals surface area contributed by atoms with Crippen LogP contribution < -0.4 is 24.6 Å². The first-order valence-corrected chi connectivity index (χ1v) is 12.4. The third kappa shape index (κ3) is 3.30. The summed E-state index contributed by atoms with van der Waals surface area (Å²) in [5.74, 6) is 2.17. The predicted molar refractivity (Wildman–Crippen MR) is 134 cm³/mol. The maximum Gasteiger partial charge on any atom is 0.238 e. The van der Waals surface area contributed by atoms with Gasteiger partial charge in [0.2, 0.25) is 17.7 Å². The molecule has 0 spiro atoms. The maximum atomic E-state index is 12.4. The molecule has 0 unspecified atom stereocenters. The SMILES string of the molecule is C[C@H]1Oc2cc(N3CCCC3=O)ccc2-c2cnc(Nc3cnc4c(c3)N3C(=O)CC[C@H]3CO4)cc21. The first-order chi connectivity index (χ1) is 17.5. The van der Waals surface area contributed by atoms with E-state index in [0.717, 1.165) is 53.2 Å². The minimum absolute atomic E-state index is 0.0751. The second-order valence-electron chi connectivity index (χ2n) is 9.69. The van der Waals surface area contributed by atoms with Gasteiger partial charge in [0.15, 0.2) is 0 Å². The number of hydrogen-bond donors (Lipinski definition) is 1. The molecule has 2 atom stereocenters. The molecule has 1 aromatic carbocycles. The second kappa shape index (κ2) is 7.94. The minimum Gasteiger partial charge on any atom is -0.485 e. The van der Waals surface area contributed by atoms with E-state index in [0.29, 0.717) is 36.8 Å². The summed E-state index contributed by atoms with van der Waals surface area (Å²) in [6, 6.07) is 9.90. The Morgan fingerprint density at radius 2 is 1.94 bits per heavy atom. The molecule has 2 saturated heterocycles. The van der Waals surface area contributed by atoms with Gasteiger partial charge in [-0.15, -0.1) is 0 Å². The van der Waals surface area contributed by atoms with Crippen LogP contribution in [-0.2, 0) is 9.59 Å². The number of rotatable bonds is 3. The lowest BCUT2D eigenvalue weighted by Crippen LogP contribution is -2.40. The molecule has 0 aliphatic carbocycles. The topological polar surface area (TPSA) is 96.9 Å². The van der Waals surface area contributed by atoms with Gasteiger partial charge < -0.3 is 24.6 Å². The molecule has 3 aromatic rings. The number of benzene rings is 1. The molecule has 9 nitrogen and oxygen atoms in total. The molecule has 7 rings (SSSR count). The number of ether oxygens (including phenoxy) is 2. The zero-order valence-corrected chi connectivity index (χ0v) is 19.9. The molecule has 0 radical (unpaired) electrons. The standard InChI is InChI=1S/C27H25N5O4/c1-15-20-11-24(30-16-9-22-27(29-12-16)35-14-18-5-7-26(34)32(18)22)28-13-21(20)19-6-4-17(10-23(19)36-15)31-8-2-3-25(31)33/h4,6,9-13,15,18H,2-3,5,7-8,14H2,1H3,(H,28,30)/t15-,18+/m1/s1. The summed E-state index contributed by atoms with van der Waals surface area (Å²) in [6.07, 6.45) is 6.18. The Balaban J connectivity index is 1.18. The number of fused-ring (bicyclic) bond motifs is 6. The summed E-state index contributed by atoms with van der Waals surface area (Å²) in [5.41, 5.74) is 5.30. The van der Waals surface area contributed by atoms with Crippen LogP contribution in [0.4, 0.5) is 22.9 Å². The fourth-order valence-corrected chi connectivity index (χ4v) is 5.62. The predicted octanol–water partition coefficient (Wildman–Crippen LogP) is 4.36. The average Bonchev–Trinajstić information content (AvgIpc) is 3.49. The van der Waals surface area contributed by atoms with Gasteiger partial charge in [-0.3, -0.25) is 9.59 Å². The number of amides is 2. The maximum absolute atomic E-state index is 12.4. The van der Waals surface area contributed by atoms with Crippen LogP contribution in [-0.4, -0.2) is 41.0 Å². The van der Waals surface area contributed by atoms with Crippen LogP contribution in [0, 0.1) is 0 Å². The Hall–Kier alpha value is -4.14. The van der Waals surface area contributed by atoms with Crippen molar-refractivity contribution in [3.63, 3.8) is 0 Å². The Morgan fingerprint density at radius 3 is 2.81 bits per heavy atom. The summed E-state index contributed by atoms with van der Waals surface area (Å²) in [7, 11) is 0. The number of nitrogens with zero attached hydrogens (tertiary/aromatic N) is 4. The van der Waals surface area contributed by atoms with Crippen molar-refractivity contribution in [1.29, 1.82) is 0 Å². The van der Waals surface area contributed by atoms with Gasteiger partial charge in [-0.25, -0.2) is 9.97 Å². The fourth-order valence-electron chi connectivity index (χ4n) is 5.62. The zero-order chi connectivity index (χ0) is 24.4. The van der Waals surface area contributed by atoms with E-state index in [4.69, 9.17) is 9.47 Å². The Kier molecular flexibility index (Phi) is 4.67. The molecule has 2 aromatic heterocycles. The Bertz CT molecular complexity index is 1420. The lowest BCUT2D eigenvalue weighted by Gasteiger charge is -2.31. The quantitative estimate of drug-likeness (QED) is 0.591. The molecule has 0 saturated carbocycles. The van der Waals surface area contributed by atoms with E-state index < -0.39 is 0 Å². The van der Waals surface area contributed by atoms with Crippen molar-refractivity contribution in [3.05, 3.63) is 48.3 Å². The summed E-state index contributed by atoms with van der Waals surface area (Å²) < 4.78 is 12.0. The van der Waals surface area contributed by atoms with E-state index in [9.17, 15) is 9.59 Å². The van der Waals surface area contributed by atoms with E-state index in [1.165, 1.54) is 0 Å². The van der Waals surface area contributed by atoms with Gasteiger partial charge in [0, 0.05) is 54.0 Å². The number of carbonyl (C=O) groups is 2. The van der Waals surface area contributed by atoms with Crippen molar-refractivity contribution in [3.8, 4) is 22.8 Å². The number of nitrogens with one attached hydrogen (secondary N) is 1. The van der Waals surface area contributed by atoms with Gasteiger partial charge in [-0.2, -0.15) is 0 Å². The summed E-state index contributed by atoms with van der Waals surface area (Å²) in [5, 5.41) is 3.33. The average molecular weight is 484 g/mol. The third-order valence-corrected chi connectivity index (χ3v) is 7.42. The van der Waals surface area contributed by atoms with Gasteiger partial charge in [0.25, 0.3) is 0 Å². The van der Waals surface area contributed by atoms with Crippen LogP contribution >= 0.6 is 0 Å². The number of anilines is 4. The Labute approximate surface area is 208 Å². The van der Waals surface area contributed by atoms with Crippen LogP contribution in [0.15, 0.2) is 42.7 Å². The van der Waals surface area contributed by atoms with E-state index in [-0.39, 0.29) is 24.0 Å². The molecule has 0 bridgehead atoms. The number of aromatic nitrogens is 2. The van der Waals surface area contributed by atoms with Crippen LogP contribution in [0.5, 0.6) is 11.6 Å². The van der Waals surface area contributed by atoms with Gasteiger partial charge in [0.1, 0.15) is 30.0 Å². The van der Waals surface area contributed by atoms with Crippen LogP contribution in [0.3, 0.4) is 0 Å². The van der Waals surface area contributed by atoms with Crippen molar-refractivity contribution in [2.24, 2.45) is 0 Å². The lowest BCUT2D eigenvalue weighted by atomic mass is 9.94. The molecule has 2 amide bonds. The molecular formula is C27H25N5O4. The third-order valence-electron chi connectivity index (χ3n) is 7.42. The van der Waals surface area contributed by atoms with E-state index in [1.807, 2.05) is 53.3 Å². The Morgan fingerprint density at radius 1 is 1.03 bits per heavy atom. The van der Waals surface area contributed by atoms with Crippen molar-refractivity contribution in [2.45, 2.75) is 44.8 Å². The molecule has 6 heterocycles. The van der Waals surface area contributed by atoms with Crippen molar-refractivity contribution >= 4 is 34.7 Å². The summed E-state index contributed by atoms with van der Waals surface area (Å²) >= 11 is 0. The van der Waals surface area contributed by atoms with Gasteiger partial charge in [0.05, 0.1) is 17.9 Å². The molecule has 36 heavy (non-hydrogen) atoms. The molecule has 9 heteroatoms. The van der Waals surface area contributed by atoms with Crippen molar-refractivity contribution in [1.82, 2.24) is 9.97 Å². The monoisotopic (exact) mass is 483 g/mol. The fraction of sp³-hybridized carbons (Fsp3) is 0.333. The number of hydrogen-bond acceptors (Lipinski definition) is 7. The summed E-state index contributed by atoms with van der Waals surface area (Å²) in [6.45, 7) is 3.24. The zero-order valence-electron chi connectivity index (χ0n) is 19.9. The lowest BCUT2D eigenvalue weighted by molar-refractivity contribution is -0.118. The second-order valence-corrected chi connectivity index (χ2v) is 9.69. The van der Waals surface area contributed by atoms with Crippen molar-refractivity contribution in [2.75, 3.05) is 28.3 Å². The number of pyridine rings is 2. The molecule has 1 N–H and O–H groups in total. The highest BCUT2D eigenvalue weighted by molar-refractivity contribution is 5.98. The first-order valence-electron chi connectivity index (χ1n) is 12.4. The van der Waals surface area contributed by atoms with Crippen molar-refractivity contribution < 1.29 is 19.1 Å². The van der Waals surface area contributed by atoms with E-state index in [1.54, 1.807) is 6.20 Å². The first kappa shape index (κ1) is 21.2. The molecule has 182 valence electrons. The van der Waals surface area contributed by atoms with E-state index >= 15 is 0 Å². The molecule has 4 aliphatic rings. The van der Waals surface area contributed by atoms with Gasteiger partial charge in [-0.05, 0) is 44.0 Å². The highest BCUT2D eigenvalue weighted by Gasteiger charge is 2.38. The molecular weight excluding hydrogens is 458 g/mol. The van der Waals surface area contributed by atoms with Gasteiger partial charge >= 0.3 is 0 Å². The van der Waals surface area contributed by atoms with Crippen LogP contribution in [0.25, 0.3) is 11.1 Å². The minimum atomic E-state index is -0.182. The highest BCUT2D eigenvalue weighted by Crippen LogP contribution is 2.45. The van der Waals surface area contributed by atoms with Crippen LogP contribution in [0.1, 0.15) is 44.3 Å². The smallest absolute Gasteiger partial charge is 0.238 e. The van der Waals surface area contributed by atoms with Gasteiger partial charge in [-0.1, -0.05) is 0 Å². The molecule has 4 aliphatic heterocycles. The van der Waals surface area contributed by atoms with E-state index in [2.05, 4.69) is 15.3 Å². The molecule has 2 fully saturated rings.